The Morgan fingerprint density at radius 1 is 1.00 bits per heavy atom. The minimum absolute atomic E-state index is 0.0352. The van der Waals surface area contributed by atoms with Gasteiger partial charge in [-0.05, 0) is 26.7 Å². The summed E-state index contributed by atoms with van der Waals surface area (Å²) in [7, 11) is 0. The quantitative estimate of drug-likeness (QED) is 0.176. The van der Waals surface area contributed by atoms with Gasteiger partial charge >= 0.3 is 5.97 Å². The smallest absolute Gasteiger partial charge is 0.308 e. The van der Waals surface area contributed by atoms with Gasteiger partial charge < -0.3 is 49.6 Å². The molecule has 0 saturated carbocycles. The SMILES string of the molecule is C[C@H](CCCCC(=O)O[C@@H]1O[C@H](CO)[C@@H](O)[C@H](O)[C@H]1O)O[C@@H]1O[C@@H](C)[C@H](O)C[C@H]1O. The number of aliphatic hydroxyl groups excluding tert-OH is 6. The number of unbranched alkanes of at least 4 members (excludes halogenated alkanes) is 1. The van der Waals surface area contributed by atoms with Gasteiger partial charge in [0.15, 0.2) is 6.29 Å². The standard InChI is InChI=1S/C19H34O11/c1-9(27-18-12(22)7-11(21)10(2)28-18)5-3-4-6-14(23)30-19-17(26)16(25)15(24)13(8-20)29-19/h9-13,15-22,24-26H,3-8H2,1-2H3/t9-,10+,11-,12-,13-,15-,16+,17-,18-,19+/m1/s1. The monoisotopic (exact) mass is 438 g/mol. The lowest BCUT2D eigenvalue weighted by molar-refractivity contribution is -0.292. The van der Waals surface area contributed by atoms with Crippen molar-refractivity contribution in [2.75, 3.05) is 6.61 Å². The summed E-state index contributed by atoms with van der Waals surface area (Å²) in [5.41, 5.74) is 0. The molecule has 0 unspecified atom stereocenters. The minimum atomic E-state index is -1.62. The van der Waals surface area contributed by atoms with Crippen molar-refractivity contribution in [3.8, 4) is 0 Å². The van der Waals surface area contributed by atoms with E-state index in [1.165, 1.54) is 0 Å². The lowest BCUT2D eigenvalue weighted by Crippen LogP contribution is -2.59. The number of rotatable bonds is 9. The molecule has 11 nitrogen and oxygen atoms in total. The van der Waals surface area contributed by atoms with E-state index in [9.17, 15) is 30.3 Å². The van der Waals surface area contributed by atoms with Crippen LogP contribution in [0.3, 0.4) is 0 Å². The maximum absolute atomic E-state index is 12.0. The Morgan fingerprint density at radius 2 is 1.70 bits per heavy atom. The molecule has 0 amide bonds. The summed E-state index contributed by atoms with van der Waals surface area (Å²) >= 11 is 0. The molecule has 176 valence electrons. The minimum Gasteiger partial charge on any atom is -0.433 e. The second-order valence-corrected chi connectivity index (χ2v) is 7.96. The lowest BCUT2D eigenvalue weighted by atomic mass is 9.99. The molecule has 2 aliphatic heterocycles. The molecule has 2 aliphatic rings. The van der Waals surface area contributed by atoms with E-state index >= 15 is 0 Å². The van der Waals surface area contributed by atoms with E-state index in [4.69, 9.17) is 24.1 Å². The van der Waals surface area contributed by atoms with Gasteiger partial charge in [-0.3, -0.25) is 4.79 Å². The van der Waals surface area contributed by atoms with Gasteiger partial charge in [0, 0.05) is 12.8 Å². The summed E-state index contributed by atoms with van der Waals surface area (Å²) in [5, 5.41) is 58.0. The van der Waals surface area contributed by atoms with Crippen LogP contribution in [-0.4, -0.2) is 105 Å². The molecule has 2 heterocycles. The third-order valence-corrected chi connectivity index (χ3v) is 5.39. The lowest BCUT2D eigenvalue weighted by Gasteiger charge is -2.39. The van der Waals surface area contributed by atoms with Crippen molar-refractivity contribution in [3.05, 3.63) is 0 Å². The largest absolute Gasteiger partial charge is 0.433 e. The molecule has 0 bridgehead atoms. The van der Waals surface area contributed by atoms with Gasteiger partial charge in [0.25, 0.3) is 0 Å². The molecular formula is C19H34O11. The molecule has 0 aliphatic carbocycles. The highest BCUT2D eigenvalue weighted by Crippen LogP contribution is 2.24. The van der Waals surface area contributed by atoms with Crippen LogP contribution in [0.25, 0.3) is 0 Å². The number of aliphatic hydroxyl groups is 6. The van der Waals surface area contributed by atoms with E-state index in [-0.39, 0.29) is 18.9 Å². The molecule has 30 heavy (non-hydrogen) atoms. The Morgan fingerprint density at radius 3 is 2.37 bits per heavy atom. The van der Waals surface area contributed by atoms with Crippen molar-refractivity contribution < 1.29 is 54.4 Å². The fourth-order valence-corrected chi connectivity index (χ4v) is 3.42. The Labute approximate surface area is 175 Å². The predicted molar refractivity (Wildman–Crippen MR) is 99.8 cm³/mol. The van der Waals surface area contributed by atoms with Crippen molar-refractivity contribution in [2.45, 2.75) is 107 Å². The molecule has 11 heteroatoms. The fourth-order valence-electron chi connectivity index (χ4n) is 3.42. The highest BCUT2D eigenvalue weighted by molar-refractivity contribution is 5.69. The first-order valence-electron chi connectivity index (χ1n) is 10.3. The number of esters is 1. The van der Waals surface area contributed by atoms with Crippen LogP contribution in [0.5, 0.6) is 0 Å². The Kier molecular flexibility index (Phi) is 9.85. The summed E-state index contributed by atoms with van der Waals surface area (Å²) < 4.78 is 21.3. The van der Waals surface area contributed by atoms with Crippen molar-refractivity contribution in [1.29, 1.82) is 0 Å². The van der Waals surface area contributed by atoms with Crippen LogP contribution < -0.4 is 0 Å². The van der Waals surface area contributed by atoms with Crippen molar-refractivity contribution in [2.24, 2.45) is 0 Å². The molecule has 2 saturated heterocycles. The molecule has 0 aromatic carbocycles. The number of carbonyl (C=O) groups is 1. The number of ether oxygens (including phenoxy) is 4. The van der Waals surface area contributed by atoms with Crippen molar-refractivity contribution >= 4 is 5.97 Å². The predicted octanol–water partition coefficient (Wildman–Crippen LogP) is -1.85. The zero-order valence-corrected chi connectivity index (χ0v) is 17.2. The Bertz CT molecular complexity index is 531. The molecule has 0 aromatic rings. The van der Waals surface area contributed by atoms with E-state index in [0.29, 0.717) is 19.3 Å². The maximum Gasteiger partial charge on any atom is 0.308 e. The highest BCUT2D eigenvalue weighted by atomic mass is 16.7. The molecular weight excluding hydrogens is 404 g/mol. The second-order valence-electron chi connectivity index (χ2n) is 7.96. The van der Waals surface area contributed by atoms with Gasteiger partial charge in [-0.2, -0.15) is 0 Å². The van der Waals surface area contributed by atoms with Gasteiger partial charge in [0.05, 0.1) is 24.9 Å². The Hall–Kier alpha value is -0.890. The van der Waals surface area contributed by atoms with Crippen LogP contribution >= 0.6 is 0 Å². The van der Waals surface area contributed by atoms with Crippen LogP contribution in [0.2, 0.25) is 0 Å². The van der Waals surface area contributed by atoms with Gasteiger partial charge in [-0.1, -0.05) is 6.42 Å². The number of hydrogen-bond donors (Lipinski definition) is 6. The molecule has 10 atom stereocenters. The summed E-state index contributed by atoms with van der Waals surface area (Å²) in [6, 6.07) is 0. The average Bonchev–Trinajstić information content (AvgIpc) is 2.69. The van der Waals surface area contributed by atoms with Gasteiger partial charge in [0.1, 0.15) is 30.5 Å². The fraction of sp³-hybridized carbons (Fsp3) is 0.947. The van der Waals surface area contributed by atoms with Gasteiger partial charge in [-0.15, -0.1) is 0 Å². The first-order chi connectivity index (χ1) is 14.1. The molecule has 2 fully saturated rings. The number of hydrogen-bond acceptors (Lipinski definition) is 11. The van der Waals surface area contributed by atoms with Crippen LogP contribution in [-0.2, 0) is 23.7 Å². The zero-order chi connectivity index (χ0) is 22.4. The highest BCUT2D eigenvalue weighted by Gasteiger charge is 2.45. The van der Waals surface area contributed by atoms with E-state index in [2.05, 4.69) is 0 Å². The van der Waals surface area contributed by atoms with E-state index < -0.39 is 67.9 Å². The third kappa shape index (κ3) is 6.81. The van der Waals surface area contributed by atoms with Gasteiger partial charge in [-0.25, -0.2) is 0 Å². The molecule has 0 spiro atoms. The van der Waals surface area contributed by atoms with Crippen molar-refractivity contribution in [1.82, 2.24) is 0 Å². The average molecular weight is 438 g/mol. The van der Waals surface area contributed by atoms with Crippen LogP contribution in [0, 0.1) is 0 Å². The van der Waals surface area contributed by atoms with E-state index in [1.54, 1.807) is 6.92 Å². The molecule has 6 N–H and O–H groups in total. The molecule has 2 rings (SSSR count). The first-order valence-corrected chi connectivity index (χ1v) is 10.3. The summed E-state index contributed by atoms with van der Waals surface area (Å²) in [6.45, 7) is 2.92. The van der Waals surface area contributed by atoms with Gasteiger partial charge in [0.2, 0.25) is 6.29 Å². The summed E-state index contributed by atoms with van der Waals surface area (Å²) in [4.78, 5) is 12.0. The third-order valence-electron chi connectivity index (χ3n) is 5.39. The molecule has 0 aromatic heterocycles. The maximum atomic E-state index is 12.0. The first kappa shape index (κ1) is 25.4. The normalized spacial score (nSPS) is 40.7. The second kappa shape index (κ2) is 11.7. The number of carbonyl (C=O) groups excluding carboxylic acids is 1. The van der Waals surface area contributed by atoms with Crippen LogP contribution in [0.1, 0.15) is 46.0 Å². The molecule has 0 radical (unpaired) electrons. The summed E-state index contributed by atoms with van der Waals surface area (Å²) in [5.74, 6) is -0.651. The van der Waals surface area contributed by atoms with Crippen LogP contribution in [0.15, 0.2) is 0 Å². The topological polar surface area (TPSA) is 175 Å². The van der Waals surface area contributed by atoms with E-state index in [1.807, 2.05) is 6.92 Å². The van der Waals surface area contributed by atoms with Crippen LogP contribution in [0.4, 0.5) is 0 Å². The Balaban J connectivity index is 1.66. The van der Waals surface area contributed by atoms with Crippen molar-refractivity contribution in [3.63, 3.8) is 0 Å². The van der Waals surface area contributed by atoms with E-state index in [0.717, 1.165) is 0 Å². The summed E-state index contributed by atoms with van der Waals surface area (Å²) in [6.07, 6.45) is -8.58. The zero-order valence-electron chi connectivity index (χ0n) is 17.2.